The maximum atomic E-state index is 11.5. The molecule has 144 valence electrons. The molecule has 0 aromatic heterocycles. The molecule has 0 amide bonds. The Morgan fingerprint density at radius 2 is 1.73 bits per heavy atom. The lowest BCUT2D eigenvalue weighted by atomic mass is 9.45. The lowest BCUT2D eigenvalue weighted by Crippen LogP contribution is -2.58. The maximum absolute atomic E-state index is 11.5. The Labute approximate surface area is 156 Å². The minimum atomic E-state index is -0.864. The first-order valence-electron chi connectivity index (χ1n) is 9.74. The van der Waals surface area contributed by atoms with Gasteiger partial charge < -0.3 is 15.3 Å². The largest absolute Gasteiger partial charge is 0.508 e. The third kappa shape index (κ3) is 2.92. The van der Waals surface area contributed by atoms with Gasteiger partial charge in [0.1, 0.15) is 11.5 Å². The van der Waals surface area contributed by atoms with E-state index in [1.165, 1.54) is 18.6 Å². The summed E-state index contributed by atoms with van der Waals surface area (Å²) in [5, 5.41) is 31.7. The van der Waals surface area contributed by atoms with Crippen molar-refractivity contribution in [3.8, 4) is 11.5 Å². The fourth-order valence-corrected chi connectivity index (χ4v) is 6.27. The number of aromatic hydroxyl groups is 2. The molecule has 1 aromatic rings. The lowest BCUT2D eigenvalue weighted by molar-refractivity contribution is -0.166. The minimum absolute atomic E-state index is 0.0153. The van der Waals surface area contributed by atoms with Crippen molar-refractivity contribution in [1.82, 2.24) is 0 Å². The van der Waals surface area contributed by atoms with Crippen LogP contribution in [0.4, 0.5) is 0 Å². The van der Waals surface area contributed by atoms with E-state index in [1.54, 1.807) is 0 Å². The van der Waals surface area contributed by atoms with Crippen molar-refractivity contribution in [3.05, 3.63) is 23.3 Å². The Morgan fingerprint density at radius 1 is 1.08 bits per heavy atom. The van der Waals surface area contributed by atoms with Gasteiger partial charge >= 0.3 is 0 Å². The molecule has 2 saturated carbocycles. The molecular weight excluding hydrogens is 328 g/mol. The topological polar surface area (TPSA) is 77.8 Å². The summed E-state index contributed by atoms with van der Waals surface area (Å²) in [6, 6.07) is 2.77. The number of phenols is 2. The SMILES string of the molecule is CC1(C)CCC[C@@]2(C)C1CC[C@@](C)(O)C2Cc1c(O)ccc(O)c1C=O. The molecule has 0 heterocycles. The fraction of sp³-hybridized carbons (Fsp3) is 0.682. The van der Waals surface area contributed by atoms with E-state index in [0.717, 1.165) is 25.7 Å². The van der Waals surface area contributed by atoms with Gasteiger partial charge in [0.2, 0.25) is 0 Å². The molecule has 0 spiro atoms. The summed E-state index contributed by atoms with van der Waals surface area (Å²) in [6.07, 6.45) is 6.07. The third-order valence-corrected chi connectivity index (χ3v) is 7.60. The second kappa shape index (κ2) is 6.26. The summed E-state index contributed by atoms with van der Waals surface area (Å²) in [6.45, 7) is 8.82. The van der Waals surface area contributed by atoms with Crippen LogP contribution in [0.1, 0.15) is 75.7 Å². The highest BCUT2D eigenvalue weighted by Gasteiger charge is 2.57. The highest BCUT2D eigenvalue weighted by atomic mass is 16.3. The first kappa shape index (κ1) is 19.2. The van der Waals surface area contributed by atoms with Crippen LogP contribution in [0.5, 0.6) is 11.5 Å². The smallest absolute Gasteiger partial charge is 0.154 e. The minimum Gasteiger partial charge on any atom is -0.508 e. The van der Waals surface area contributed by atoms with Crippen molar-refractivity contribution in [1.29, 1.82) is 0 Å². The summed E-state index contributed by atoms with van der Waals surface area (Å²) >= 11 is 0. The summed E-state index contributed by atoms with van der Waals surface area (Å²) in [5.74, 6) is 0.309. The van der Waals surface area contributed by atoms with Gasteiger partial charge in [0.05, 0.1) is 11.2 Å². The zero-order valence-corrected chi connectivity index (χ0v) is 16.4. The number of carbonyl (C=O) groups excluding carboxylic acids is 1. The van der Waals surface area contributed by atoms with Crippen molar-refractivity contribution >= 4 is 6.29 Å². The Bertz CT molecular complexity index is 706. The van der Waals surface area contributed by atoms with E-state index in [-0.39, 0.29) is 33.8 Å². The zero-order chi connectivity index (χ0) is 19.3. The van der Waals surface area contributed by atoms with Crippen molar-refractivity contribution in [3.63, 3.8) is 0 Å². The number of fused-ring (bicyclic) bond motifs is 1. The average molecular weight is 360 g/mol. The molecule has 0 aliphatic heterocycles. The molecule has 4 heteroatoms. The van der Waals surface area contributed by atoms with E-state index in [2.05, 4.69) is 20.8 Å². The third-order valence-electron chi connectivity index (χ3n) is 7.60. The number of aliphatic hydroxyl groups is 1. The lowest BCUT2D eigenvalue weighted by Gasteiger charge is -2.61. The van der Waals surface area contributed by atoms with E-state index in [0.29, 0.717) is 24.2 Å². The van der Waals surface area contributed by atoms with Gasteiger partial charge in [-0.25, -0.2) is 0 Å². The molecule has 2 aliphatic rings. The van der Waals surface area contributed by atoms with Gasteiger partial charge in [-0.2, -0.15) is 0 Å². The number of hydrogen-bond acceptors (Lipinski definition) is 4. The summed E-state index contributed by atoms with van der Waals surface area (Å²) < 4.78 is 0. The van der Waals surface area contributed by atoms with Crippen molar-refractivity contribution in [2.24, 2.45) is 22.7 Å². The fourth-order valence-electron chi connectivity index (χ4n) is 6.27. The summed E-state index contributed by atoms with van der Waals surface area (Å²) in [4.78, 5) is 11.5. The van der Waals surface area contributed by atoms with E-state index >= 15 is 0 Å². The van der Waals surface area contributed by atoms with Gasteiger partial charge in [-0.15, -0.1) is 0 Å². The van der Waals surface area contributed by atoms with Crippen LogP contribution in [0, 0.1) is 22.7 Å². The van der Waals surface area contributed by atoms with Gasteiger partial charge in [-0.3, -0.25) is 4.79 Å². The van der Waals surface area contributed by atoms with E-state index in [1.807, 2.05) is 6.92 Å². The standard InChI is InChI=1S/C22H32O4/c1-20(2)9-5-10-21(3)18(20)8-11-22(4,26)19(21)12-14-15(13-23)17(25)7-6-16(14)24/h6-7,13,18-19,24-26H,5,8-12H2,1-4H3/t18?,19?,21-,22+/m0/s1. The second-order valence-corrected chi connectivity index (χ2v) is 9.67. The van der Waals surface area contributed by atoms with Crippen LogP contribution in [-0.2, 0) is 6.42 Å². The summed E-state index contributed by atoms with van der Waals surface area (Å²) in [5.41, 5.74) is -0.119. The van der Waals surface area contributed by atoms with E-state index in [4.69, 9.17) is 0 Å². The van der Waals surface area contributed by atoms with Crippen LogP contribution in [-0.4, -0.2) is 27.2 Å². The number of phenolic OH excluding ortho intramolecular Hbond substituents is 2. The van der Waals surface area contributed by atoms with Crippen molar-refractivity contribution in [2.45, 2.75) is 71.8 Å². The highest BCUT2D eigenvalue weighted by Crippen LogP contribution is 2.62. The second-order valence-electron chi connectivity index (χ2n) is 9.67. The molecule has 1 aromatic carbocycles. The van der Waals surface area contributed by atoms with Gasteiger partial charge in [0.15, 0.2) is 6.29 Å². The first-order valence-corrected chi connectivity index (χ1v) is 9.74. The quantitative estimate of drug-likeness (QED) is 0.550. The highest BCUT2D eigenvalue weighted by molar-refractivity contribution is 5.83. The Balaban J connectivity index is 2.07. The predicted molar refractivity (Wildman–Crippen MR) is 101 cm³/mol. The Kier molecular flexibility index (Phi) is 4.63. The number of aldehydes is 1. The Hall–Kier alpha value is -1.55. The predicted octanol–water partition coefficient (Wildman–Crippen LogP) is 4.45. The van der Waals surface area contributed by atoms with Crippen LogP contribution in [0.2, 0.25) is 0 Å². The molecule has 0 saturated heterocycles. The van der Waals surface area contributed by atoms with Gasteiger partial charge in [-0.1, -0.05) is 27.2 Å². The molecule has 2 fully saturated rings. The van der Waals surface area contributed by atoms with Crippen LogP contribution in [0.3, 0.4) is 0 Å². The molecule has 0 bridgehead atoms. The Morgan fingerprint density at radius 3 is 2.38 bits per heavy atom. The molecule has 2 aliphatic carbocycles. The molecule has 2 unspecified atom stereocenters. The number of hydrogen-bond donors (Lipinski definition) is 3. The van der Waals surface area contributed by atoms with E-state index in [9.17, 15) is 20.1 Å². The number of rotatable bonds is 3. The van der Waals surface area contributed by atoms with Crippen LogP contribution in [0.25, 0.3) is 0 Å². The average Bonchev–Trinajstić information content (AvgIpc) is 2.53. The molecule has 3 N–H and O–H groups in total. The first-order chi connectivity index (χ1) is 12.0. The van der Waals surface area contributed by atoms with Crippen molar-refractivity contribution in [2.75, 3.05) is 0 Å². The van der Waals surface area contributed by atoms with Crippen LogP contribution in [0.15, 0.2) is 12.1 Å². The van der Waals surface area contributed by atoms with Crippen LogP contribution < -0.4 is 0 Å². The number of carbonyl (C=O) groups is 1. The number of benzene rings is 1. The molecule has 4 nitrogen and oxygen atoms in total. The molecule has 0 radical (unpaired) electrons. The van der Waals surface area contributed by atoms with Crippen molar-refractivity contribution < 1.29 is 20.1 Å². The molecular formula is C22H32O4. The maximum Gasteiger partial charge on any atom is 0.154 e. The van der Waals surface area contributed by atoms with Gasteiger partial charge in [0, 0.05) is 5.56 Å². The molecule has 26 heavy (non-hydrogen) atoms. The zero-order valence-electron chi connectivity index (χ0n) is 16.4. The van der Waals surface area contributed by atoms with E-state index < -0.39 is 5.60 Å². The van der Waals surface area contributed by atoms with Crippen LogP contribution >= 0.6 is 0 Å². The normalized spacial score (nSPS) is 36.3. The van der Waals surface area contributed by atoms with Gasteiger partial charge in [0.25, 0.3) is 0 Å². The summed E-state index contributed by atoms with van der Waals surface area (Å²) in [7, 11) is 0. The molecule has 3 rings (SSSR count). The van der Waals surface area contributed by atoms with Gasteiger partial charge in [-0.05, 0) is 73.8 Å². The monoisotopic (exact) mass is 360 g/mol. The molecule has 4 atom stereocenters.